The van der Waals surface area contributed by atoms with Gasteiger partial charge in [-0.15, -0.1) is 0 Å². The van der Waals surface area contributed by atoms with Gasteiger partial charge in [0, 0.05) is 37.9 Å². The lowest BCUT2D eigenvalue weighted by Gasteiger charge is -2.14. The lowest BCUT2D eigenvalue weighted by atomic mass is 10.0. The van der Waals surface area contributed by atoms with Gasteiger partial charge in [0.05, 0.1) is 6.61 Å². The van der Waals surface area contributed by atoms with E-state index in [-0.39, 0.29) is 24.2 Å². The normalized spacial score (nSPS) is 18.6. The summed E-state index contributed by atoms with van der Waals surface area (Å²) in [6, 6.07) is 2.03. The first kappa shape index (κ1) is 21.0. The third-order valence-electron chi connectivity index (χ3n) is 5.32. The Balaban J connectivity index is 1.44. The quantitative estimate of drug-likeness (QED) is 0.523. The average Bonchev–Trinajstić information content (AvgIpc) is 3.42. The predicted octanol–water partition coefficient (Wildman–Crippen LogP) is 2.75. The van der Waals surface area contributed by atoms with E-state index in [4.69, 9.17) is 9.47 Å². The Morgan fingerprint density at radius 3 is 2.97 bits per heavy atom. The molecular formula is C20H28N8O3. The van der Waals surface area contributed by atoms with E-state index in [0.717, 1.165) is 41.7 Å². The number of alkyl carbamates (subject to hydrolysis) is 1. The molecule has 1 amide bonds. The molecule has 166 valence electrons. The van der Waals surface area contributed by atoms with Crippen molar-refractivity contribution in [1.29, 1.82) is 0 Å². The summed E-state index contributed by atoms with van der Waals surface area (Å²) in [5.41, 5.74) is 3.29. The number of anilines is 2. The number of methoxy groups -OCH3 is 1. The monoisotopic (exact) mass is 428 g/mol. The van der Waals surface area contributed by atoms with Gasteiger partial charge in [-0.2, -0.15) is 10.2 Å². The van der Waals surface area contributed by atoms with Gasteiger partial charge in [0.1, 0.15) is 29.2 Å². The van der Waals surface area contributed by atoms with Crippen molar-refractivity contribution in [3.05, 3.63) is 23.8 Å². The van der Waals surface area contributed by atoms with Crippen molar-refractivity contribution in [3.8, 4) is 0 Å². The molecule has 4 rings (SSSR count). The van der Waals surface area contributed by atoms with E-state index < -0.39 is 0 Å². The summed E-state index contributed by atoms with van der Waals surface area (Å²) in [7, 11) is 3.47. The third kappa shape index (κ3) is 4.61. The lowest BCUT2D eigenvalue weighted by molar-refractivity contribution is 0.0981. The number of aryl methyl sites for hydroxylation is 1. The Morgan fingerprint density at radius 1 is 1.35 bits per heavy atom. The second kappa shape index (κ2) is 8.88. The van der Waals surface area contributed by atoms with Gasteiger partial charge in [0.25, 0.3) is 0 Å². The number of ether oxygens (including phenoxy) is 2. The molecule has 1 aliphatic rings. The van der Waals surface area contributed by atoms with Crippen molar-refractivity contribution in [2.45, 2.75) is 57.8 Å². The molecule has 0 saturated heterocycles. The van der Waals surface area contributed by atoms with Crippen molar-refractivity contribution < 1.29 is 14.3 Å². The second-order valence-corrected chi connectivity index (χ2v) is 8.09. The summed E-state index contributed by atoms with van der Waals surface area (Å²) in [5, 5.41) is 18.0. The summed E-state index contributed by atoms with van der Waals surface area (Å²) < 4.78 is 12.5. The van der Waals surface area contributed by atoms with Gasteiger partial charge in [0.2, 0.25) is 0 Å². The van der Waals surface area contributed by atoms with E-state index in [9.17, 15) is 4.79 Å². The highest BCUT2D eigenvalue weighted by molar-refractivity contribution is 5.88. The number of carbonyl (C=O) groups excluding carboxylic acids is 1. The van der Waals surface area contributed by atoms with Crippen LogP contribution in [0.4, 0.5) is 16.4 Å². The maximum atomic E-state index is 11.8. The summed E-state index contributed by atoms with van der Waals surface area (Å²) >= 11 is 0. The van der Waals surface area contributed by atoms with Gasteiger partial charge in [0.15, 0.2) is 11.6 Å². The lowest BCUT2D eigenvalue weighted by Crippen LogP contribution is -2.33. The number of amides is 1. The smallest absolute Gasteiger partial charge is 0.407 e. The fourth-order valence-electron chi connectivity index (χ4n) is 3.98. The number of nitrogens with one attached hydrogen (secondary N) is 3. The second-order valence-electron chi connectivity index (χ2n) is 8.09. The molecule has 31 heavy (non-hydrogen) atoms. The fourth-order valence-corrected chi connectivity index (χ4v) is 3.98. The van der Waals surface area contributed by atoms with Gasteiger partial charge < -0.3 is 20.1 Å². The molecule has 0 bridgehead atoms. The molecule has 0 spiro atoms. The minimum Gasteiger partial charge on any atom is -0.446 e. The van der Waals surface area contributed by atoms with Crippen molar-refractivity contribution in [3.63, 3.8) is 0 Å². The van der Waals surface area contributed by atoms with Crippen LogP contribution in [0.2, 0.25) is 0 Å². The number of hydrogen-bond acceptors (Lipinski definition) is 8. The maximum absolute atomic E-state index is 11.8. The number of hydrogen-bond donors (Lipinski definition) is 3. The zero-order chi connectivity index (χ0) is 22.0. The number of aromatic nitrogens is 6. The summed E-state index contributed by atoms with van der Waals surface area (Å²) in [6.45, 7) is 4.20. The van der Waals surface area contributed by atoms with Crippen LogP contribution in [0, 0.1) is 0 Å². The number of nitrogens with zero attached hydrogens (tertiary/aromatic N) is 5. The SMILES string of the molecule is COCc1nn(C)c2c(Nc3cc(C4CCC(OC(=O)NC(C)C)C4)[nH]n3)ncnc12. The molecular weight excluding hydrogens is 400 g/mol. The van der Waals surface area contributed by atoms with E-state index in [2.05, 4.69) is 35.9 Å². The molecule has 1 fully saturated rings. The van der Waals surface area contributed by atoms with Gasteiger partial charge in [-0.3, -0.25) is 9.78 Å². The van der Waals surface area contributed by atoms with E-state index in [1.54, 1.807) is 11.8 Å². The first-order valence-electron chi connectivity index (χ1n) is 10.4. The first-order chi connectivity index (χ1) is 14.9. The molecule has 3 N–H and O–H groups in total. The molecule has 3 heterocycles. The zero-order valence-corrected chi connectivity index (χ0v) is 18.2. The van der Waals surface area contributed by atoms with Crippen LogP contribution in [-0.4, -0.2) is 55.3 Å². The highest BCUT2D eigenvalue weighted by Gasteiger charge is 2.30. The highest BCUT2D eigenvalue weighted by atomic mass is 16.6. The van der Waals surface area contributed by atoms with E-state index in [0.29, 0.717) is 18.2 Å². The molecule has 3 aromatic rings. The highest BCUT2D eigenvalue weighted by Crippen LogP contribution is 2.36. The standard InChI is InChI=1S/C20H28N8O3/c1-11(2)23-20(29)31-13-6-5-12(7-13)14-8-16(26-25-14)24-19-18-17(21-10-22-19)15(9-30-4)27-28(18)3/h8,10-13H,5-7,9H2,1-4H3,(H,23,29)(H2,21,22,24,25,26). The topological polar surface area (TPSA) is 132 Å². The Bertz CT molecular complexity index is 1060. The Morgan fingerprint density at radius 2 is 2.19 bits per heavy atom. The van der Waals surface area contributed by atoms with Crippen LogP contribution in [-0.2, 0) is 23.1 Å². The molecule has 11 nitrogen and oxygen atoms in total. The van der Waals surface area contributed by atoms with Crippen molar-refractivity contribution >= 4 is 28.8 Å². The maximum Gasteiger partial charge on any atom is 0.407 e. The number of fused-ring (bicyclic) bond motifs is 1. The zero-order valence-electron chi connectivity index (χ0n) is 18.2. The van der Waals surface area contributed by atoms with Crippen LogP contribution >= 0.6 is 0 Å². The predicted molar refractivity (Wildman–Crippen MR) is 114 cm³/mol. The van der Waals surface area contributed by atoms with E-state index >= 15 is 0 Å². The van der Waals surface area contributed by atoms with Gasteiger partial charge >= 0.3 is 6.09 Å². The molecule has 2 atom stereocenters. The van der Waals surface area contributed by atoms with Gasteiger partial charge in [-0.05, 0) is 33.1 Å². The largest absolute Gasteiger partial charge is 0.446 e. The average molecular weight is 428 g/mol. The molecule has 0 aromatic carbocycles. The van der Waals surface area contributed by atoms with Crippen molar-refractivity contribution in [1.82, 2.24) is 35.3 Å². The van der Waals surface area contributed by atoms with Gasteiger partial charge in [-0.1, -0.05) is 0 Å². The van der Waals surface area contributed by atoms with Crippen LogP contribution < -0.4 is 10.6 Å². The third-order valence-corrected chi connectivity index (χ3v) is 5.32. The van der Waals surface area contributed by atoms with Gasteiger partial charge in [-0.25, -0.2) is 14.8 Å². The van der Waals surface area contributed by atoms with E-state index in [1.807, 2.05) is 27.0 Å². The Labute approximate surface area is 179 Å². The summed E-state index contributed by atoms with van der Waals surface area (Å²) in [5.74, 6) is 1.54. The number of aromatic amines is 1. The summed E-state index contributed by atoms with van der Waals surface area (Å²) in [4.78, 5) is 20.6. The summed E-state index contributed by atoms with van der Waals surface area (Å²) in [6.07, 6.45) is 3.60. The molecule has 11 heteroatoms. The van der Waals surface area contributed by atoms with Crippen LogP contribution in [0.3, 0.4) is 0 Å². The van der Waals surface area contributed by atoms with Crippen LogP contribution in [0.25, 0.3) is 11.0 Å². The molecule has 2 unspecified atom stereocenters. The molecule has 1 aliphatic carbocycles. The van der Waals surface area contributed by atoms with Crippen LogP contribution in [0.5, 0.6) is 0 Å². The molecule has 0 aliphatic heterocycles. The number of H-pyrrole nitrogens is 1. The molecule has 0 radical (unpaired) electrons. The van der Waals surface area contributed by atoms with Crippen LogP contribution in [0.15, 0.2) is 12.4 Å². The minimum absolute atomic E-state index is 0.0595. The number of carbonyl (C=O) groups is 1. The van der Waals surface area contributed by atoms with Crippen LogP contribution in [0.1, 0.15) is 50.4 Å². The molecule has 3 aromatic heterocycles. The Hall–Kier alpha value is -3.21. The van der Waals surface area contributed by atoms with Crippen molar-refractivity contribution in [2.24, 2.45) is 7.05 Å². The Kier molecular flexibility index (Phi) is 6.03. The molecule has 1 saturated carbocycles. The number of rotatable bonds is 7. The minimum atomic E-state index is -0.357. The fraction of sp³-hybridized carbons (Fsp3) is 0.550. The van der Waals surface area contributed by atoms with Crippen molar-refractivity contribution in [2.75, 3.05) is 12.4 Å². The van der Waals surface area contributed by atoms with E-state index in [1.165, 1.54) is 6.33 Å². The first-order valence-corrected chi connectivity index (χ1v) is 10.4.